The van der Waals surface area contributed by atoms with Gasteiger partial charge in [0.2, 0.25) is 10.0 Å². The molecule has 0 amide bonds. The average Bonchev–Trinajstić information content (AvgIpc) is 2.58. The van der Waals surface area contributed by atoms with E-state index in [2.05, 4.69) is 45.5 Å². The largest absolute Gasteiger partial charge is 0.493 e. The molecule has 7 nitrogen and oxygen atoms in total. The Labute approximate surface area is 180 Å². The normalized spacial score (nSPS) is 11.6. The molecule has 9 heteroatoms. The van der Waals surface area contributed by atoms with E-state index in [1.807, 2.05) is 6.92 Å². The van der Waals surface area contributed by atoms with Crippen LogP contribution in [0.2, 0.25) is 0 Å². The van der Waals surface area contributed by atoms with Crippen molar-refractivity contribution in [2.75, 3.05) is 33.0 Å². The minimum atomic E-state index is -3.17. The molecule has 0 aliphatic carbocycles. The molecule has 0 bridgehead atoms. The van der Waals surface area contributed by atoms with E-state index in [1.54, 1.807) is 7.05 Å². The number of hydrogen-bond acceptors (Lipinski definition) is 4. The lowest BCUT2D eigenvalue weighted by atomic mass is 10.1. The van der Waals surface area contributed by atoms with Crippen molar-refractivity contribution in [1.29, 1.82) is 0 Å². The second-order valence-electron chi connectivity index (χ2n) is 6.19. The fourth-order valence-electron chi connectivity index (χ4n) is 2.29. The van der Waals surface area contributed by atoms with Crippen molar-refractivity contribution in [2.24, 2.45) is 4.99 Å². The van der Waals surface area contributed by atoms with E-state index in [0.717, 1.165) is 36.0 Å². The Bertz CT molecular complexity index is 681. The smallest absolute Gasteiger partial charge is 0.208 e. The van der Waals surface area contributed by atoms with E-state index in [0.29, 0.717) is 32.2 Å². The van der Waals surface area contributed by atoms with Gasteiger partial charge in [-0.3, -0.25) is 4.99 Å². The van der Waals surface area contributed by atoms with Crippen molar-refractivity contribution in [3.05, 3.63) is 29.3 Å². The number of ether oxygens (including phenoxy) is 1. The van der Waals surface area contributed by atoms with Gasteiger partial charge >= 0.3 is 0 Å². The molecular formula is C18H33IN4O3S. The summed E-state index contributed by atoms with van der Waals surface area (Å²) < 4.78 is 30.5. The quantitative estimate of drug-likeness (QED) is 0.183. The first-order valence-electron chi connectivity index (χ1n) is 8.97. The van der Waals surface area contributed by atoms with Crippen LogP contribution in [0, 0.1) is 6.92 Å². The van der Waals surface area contributed by atoms with Crippen LogP contribution in [0.5, 0.6) is 5.75 Å². The molecule has 27 heavy (non-hydrogen) atoms. The maximum Gasteiger partial charge on any atom is 0.208 e. The molecule has 0 spiro atoms. The number of halogens is 1. The number of rotatable bonds is 11. The van der Waals surface area contributed by atoms with Crippen LogP contribution in [0.15, 0.2) is 23.2 Å². The zero-order valence-corrected chi connectivity index (χ0v) is 19.8. The Kier molecular flexibility index (Phi) is 13.4. The molecule has 0 atom stereocenters. The van der Waals surface area contributed by atoms with Gasteiger partial charge in [-0.2, -0.15) is 0 Å². The number of guanidine groups is 1. The van der Waals surface area contributed by atoms with Crippen LogP contribution < -0.4 is 20.1 Å². The fourth-order valence-corrected chi connectivity index (χ4v) is 2.77. The molecule has 0 saturated carbocycles. The van der Waals surface area contributed by atoms with Crippen LogP contribution in [0.25, 0.3) is 0 Å². The van der Waals surface area contributed by atoms with E-state index in [4.69, 9.17) is 4.74 Å². The van der Waals surface area contributed by atoms with Crippen LogP contribution in [-0.2, 0) is 16.6 Å². The molecule has 0 heterocycles. The van der Waals surface area contributed by atoms with Crippen molar-refractivity contribution in [3.63, 3.8) is 0 Å². The zero-order chi connectivity index (χ0) is 19.4. The van der Waals surface area contributed by atoms with Gasteiger partial charge in [-0.25, -0.2) is 13.1 Å². The van der Waals surface area contributed by atoms with Gasteiger partial charge in [0.15, 0.2) is 5.96 Å². The third-order valence-corrected chi connectivity index (χ3v) is 4.41. The SMILES string of the molecule is CCCCCOc1cc(C)ccc1CNC(=NC)NCCNS(C)(=O)=O.I. The van der Waals surface area contributed by atoms with Gasteiger partial charge in [-0.05, 0) is 25.0 Å². The summed E-state index contributed by atoms with van der Waals surface area (Å²) in [6.07, 6.45) is 4.52. The molecule has 0 aliphatic heterocycles. The second kappa shape index (κ2) is 14.0. The molecule has 156 valence electrons. The van der Waals surface area contributed by atoms with Crippen LogP contribution >= 0.6 is 24.0 Å². The Morgan fingerprint density at radius 2 is 1.93 bits per heavy atom. The number of sulfonamides is 1. The van der Waals surface area contributed by atoms with Gasteiger partial charge in [0.05, 0.1) is 12.9 Å². The van der Waals surface area contributed by atoms with Crippen molar-refractivity contribution < 1.29 is 13.2 Å². The topological polar surface area (TPSA) is 91.8 Å². The van der Waals surface area contributed by atoms with E-state index in [-0.39, 0.29) is 24.0 Å². The van der Waals surface area contributed by atoms with Crippen molar-refractivity contribution in [3.8, 4) is 5.75 Å². The van der Waals surface area contributed by atoms with Crippen molar-refractivity contribution >= 4 is 40.0 Å². The summed E-state index contributed by atoms with van der Waals surface area (Å²) in [5.74, 6) is 1.50. The molecule has 0 saturated heterocycles. The average molecular weight is 512 g/mol. The van der Waals surface area contributed by atoms with E-state index in [9.17, 15) is 8.42 Å². The summed E-state index contributed by atoms with van der Waals surface area (Å²) in [6.45, 7) is 6.26. The minimum Gasteiger partial charge on any atom is -0.493 e. The highest BCUT2D eigenvalue weighted by atomic mass is 127. The molecular weight excluding hydrogens is 479 g/mol. The summed E-state index contributed by atoms with van der Waals surface area (Å²) in [4.78, 5) is 4.15. The maximum atomic E-state index is 11.0. The molecule has 3 N–H and O–H groups in total. The summed E-state index contributed by atoms with van der Waals surface area (Å²) in [5, 5.41) is 6.30. The van der Waals surface area contributed by atoms with Crippen LogP contribution in [0.3, 0.4) is 0 Å². The molecule has 1 aromatic rings. The molecule has 1 aromatic carbocycles. The Morgan fingerprint density at radius 1 is 1.19 bits per heavy atom. The van der Waals surface area contributed by atoms with Crippen molar-refractivity contribution in [2.45, 2.75) is 39.7 Å². The number of aliphatic imine (C=N–C) groups is 1. The fraction of sp³-hybridized carbons (Fsp3) is 0.611. The van der Waals surface area contributed by atoms with Crippen molar-refractivity contribution in [1.82, 2.24) is 15.4 Å². The molecule has 0 fully saturated rings. The standard InChI is InChI=1S/C18H32N4O3S.HI/c1-5-6-7-12-25-17-13-15(2)8-9-16(17)14-21-18(19-3)20-10-11-22-26(4,23)24;/h8-9,13,22H,5-7,10-12,14H2,1-4H3,(H2,19,20,21);1H. The first-order valence-corrected chi connectivity index (χ1v) is 10.9. The minimum absolute atomic E-state index is 0. The Balaban J connectivity index is 0.00000676. The number of aryl methyl sites for hydroxylation is 1. The maximum absolute atomic E-state index is 11.0. The summed E-state index contributed by atoms with van der Waals surface area (Å²) in [5.41, 5.74) is 2.22. The first kappa shape index (κ1) is 25.9. The van der Waals surface area contributed by atoms with Gasteiger partial charge in [0.1, 0.15) is 5.75 Å². The predicted molar refractivity (Wildman–Crippen MR) is 123 cm³/mol. The molecule has 0 aromatic heterocycles. The molecule has 0 aliphatic rings. The lowest BCUT2D eigenvalue weighted by molar-refractivity contribution is 0.303. The monoisotopic (exact) mass is 512 g/mol. The number of unbranched alkanes of at least 4 members (excludes halogenated alkanes) is 2. The van der Waals surface area contributed by atoms with Gasteiger partial charge < -0.3 is 15.4 Å². The molecule has 0 radical (unpaired) electrons. The third kappa shape index (κ3) is 12.1. The summed E-state index contributed by atoms with van der Waals surface area (Å²) in [7, 11) is -1.50. The van der Waals surface area contributed by atoms with E-state index in [1.165, 1.54) is 6.42 Å². The van der Waals surface area contributed by atoms with Crippen LogP contribution in [0.4, 0.5) is 0 Å². The molecule has 0 unspecified atom stereocenters. The number of hydrogen-bond donors (Lipinski definition) is 3. The zero-order valence-electron chi connectivity index (χ0n) is 16.7. The highest BCUT2D eigenvalue weighted by Gasteiger charge is 2.06. The summed E-state index contributed by atoms with van der Waals surface area (Å²) >= 11 is 0. The second-order valence-corrected chi connectivity index (χ2v) is 8.02. The molecule has 1 rings (SSSR count). The highest BCUT2D eigenvalue weighted by Crippen LogP contribution is 2.20. The van der Waals surface area contributed by atoms with Crippen LogP contribution in [-0.4, -0.2) is 47.4 Å². The van der Waals surface area contributed by atoms with Gasteiger partial charge in [0.25, 0.3) is 0 Å². The Hall–Kier alpha value is -1.07. The Morgan fingerprint density at radius 3 is 2.56 bits per heavy atom. The lowest BCUT2D eigenvalue weighted by Crippen LogP contribution is -2.41. The van der Waals surface area contributed by atoms with Gasteiger partial charge in [0, 0.05) is 32.2 Å². The number of benzene rings is 1. The number of nitrogens with one attached hydrogen (secondary N) is 3. The van der Waals surface area contributed by atoms with Gasteiger partial charge in [-0.15, -0.1) is 24.0 Å². The number of nitrogens with zero attached hydrogens (tertiary/aromatic N) is 1. The van der Waals surface area contributed by atoms with Crippen LogP contribution in [0.1, 0.15) is 37.3 Å². The van der Waals surface area contributed by atoms with E-state index >= 15 is 0 Å². The van der Waals surface area contributed by atoms with E-state index < -0.39 is 10.0 Å². The third-order valence-electron chi connectivity index (χ3n) is 3.68. The summed E-state index contributed by atoms with van der Waals surface area (Å²) in [6, 6.07) is 6.16. The first-order chi connectivity index (χ1) is 12.4. The predicted octanol–water partition coefficient (Wildman–Crippen LogP) is 2.40. The lowest BCUT2D eigenvalue weighted by Gasteiger charge is -2.15. The van der Waals surface area contributed by atoms with Gasteiger partial charge in [-0.1, -0.05) is 31.9 Å². The highest BCUT2D eigenvalue weighted by molar-refractivity contribution is 14.0.